The molecule has 0 aliphatic carbocycles. The van der Waals surface area contributed by atoms with Crippen molar-refractivity contribution in [3.05, 3.63) is 45.9 Å². The number of rotatable bonds is 3. The Hall–Kier alpha value is -2.03. The van der Waals surface area contributed by atoms with E-state index in [1.165, 1.54) is 11.3 Å². The lowest BCUT2D eigenvalue weighted by atomic mass is 10.4. The Labute approximate surface area is 137 Å². The largest absolute Gasteiger partial charge is 0.297 e. The minimum absolute atomic E-state index is 0.236. The highest BCUT2D eigenvalue weighted by Crippen LogP contribution is 2.28. The van der Waals surface area contributed by atoms with E-state index in [1.807, 2.05) is 40.4 Å². The molecule has 22 heavy (non-hydrogen) atoms. The Bertz CT molecular complexity index is 917. The van der Waals surface area contributed by atoms with Crippen molar-refractivity contribution in [3.8, 4) is 10.6 Å². The summed E-state index contributed by atoms with van der Waals surface area (Å²) in [5.74, 6) is -0.236. The molecule has 4 rings (SSSR count). The molecule has 0 saturated carbocycles. The first-order valence-corrected chi connectivity index (χ1v) is 9.02. The van der Waals surface area contributed by atoms with Gasteiger partial charge in [0.15, 0.2) is 10.1 Å². The summed E-state index contributed by atoms with van der Waals surface area (Å²) in [5, 5.41) is 7.34. The minimum Gasteiger partial charge on any atom is -0.297 e. The molecule has 0 aromatic carbocycles. The van der Waals surface area contributed by atoms with Gasteiger partial charge >= 0.3 is 0 Å². The number of aryl methyl sites for hydroxylation is 1. The predicted molar refractivity (Wildman–Crippen MR) is 91.2 cm³/mol. The van der Waals surface area contributed by atoms with E-state index < -0.39 is 0 Å². The molecule has 4 heterocycles. The SMILES string of the molecule is Cc1cn2cc(C(=O)Nc3nc(-c4cccs4)cs3)nc2s1. The van der Waals surface area contributed by atoms with Crippen molar-refractivity contribution in [1.82, 2.24) is 14.4 Å². The fourth-order valence-electron chi connectivity index (χ4n) is 2.05. The Balaban J connectivity index is 1.55. The van der Waals surface area contributed by atoms with E-state index in [1.54, 1.807) is 28.9 Å². The molecule has 1 amide bonds. The quantitative estimate of drug-likeness (QED) is 0.606. The summed E-state index contributed by atoms with van der Waals surface area (Å²) >= 11 is 4.60. The molecule has 1 N–H and O–H groups in total. The summed E-state index contributed by atoms with van der Waals surface area (Å²) in [6.07, 6.45) is 3.70. The molecule has 0 saturated heterocycles. The van der Waals surface area contributed by atoms with Gasteiger partial charge in [-0.15, -0.1) is 34.0 Å². The van der Waals surface area contributed by atoms with Crippen molar-refractivity contribution in [2.45, 2.75) is 6.92 Å². The van der Waals surface area contributed by atoms with Crippen LogP contribution >= 0.6 is 34.0 Å². The van der Waals surface area contributed by atoms with Crippen molar-refractivity contribution in [2.75, 3.05) is 5.32 Å². The van der Waals surface area contributed by atoms with E-state index >= 15 is 0 Å². The molecule has 0 fully saturated rings. The second-order valence-corrected chi connectivity index (χ2v) is 7.65. The molecule has 5 nitrogen and oxygen atoms in total. The van der Waals surface area contributed by atoms with E-state index in [2.05, 4.69) is 15.3 Å². The fraction of sp³-hybridized carbons (Fsp3) is 0.0714. The Kier molecular flexibility index (Phi) is 3.29. The molecule has 0 aliphatic rings. The second-order valence-electron chi connectivity index (χ2n) is 4.63. The minimum atomic E-state index is -0.236. The van der Waals surface area contributed by atoms with Crippen LogP contribution in [0.3, 0.4) is 0 Å². The lowest BCUT2D eigenvalue weighted by molar-refractivity contribution is 0.102. The van der Waals surface area contributed by atoms with Crippen LogP contribution in [0.4, 0.5) is 5.13 Å². The van der Waals surface area contributed by atoms with Crippen LogP contribution in [-0.4, -0.2) is 20.3 Å². The number of carbonyl (C=O) groups excluding carboxylic acids is 1. The van der Waals surface area contributed by atoms with Gasteiger partial charge in [0.2, 0.25) is 0 Å². The third-order valence-corrected chi connectivity index (χ3v) is 5.56. The third-order valence-electron chi connectivity index (χ3n) is 3.00. The van der Waals surface area contributed by atoms with Crippen LogP contribution in [0.25, 0.3) is 15.5 Å². The molecule has 110 valence electrons. The average molecular weight is 346 g/mol. The first-order valence-electron chi connectivity index (χ1n) is 6.45. The molecule has 0 radical (unpaired) electrons. The van der Waals surface area contributed by atoms with Gasteiger partial charge in [-0.3, -0.25) is 14.5 Å². The van der Waals surface area contributed by atoms with Gasteiger partial charge in [-0.1, -0.05) is 6.07 Å². The highest BCUT2D eigenvalue weighted by molar-refractivity contribution is 7.17. The van der Waals surface area contributed by atoms with Crippen molar-refractivity contribution in [1.29, 1.82) is 0 Å². The number of thiazole rings is 2. The van der Waals surface area contributed by atoms with Crippen LogP contribution in [-0.2, 0) is 0 Å². The van der Waals surface area contributed by atoms with Crippen molar-refractivity contribution in [2.24, 2.45) is 0 Å². The highest BCUT2D eigenvalue weighted by atomic mass is 32.1. The first kappa shape index (κ1) is 13.6. The van der Waals surface area contributed by atoms with Crippen LogP contribution < -0.4 is 5.32 Å². The van der Waals surface area contributed by atoms with Crippen LogP contribution in [0.2, 0.25) is 0 Å². The number of fused-ring (bicyclic) bond motifs is 1. The highest BCUT2D eigenvalue weighted by Gasteiger charge is 2.14. The zero-order valence-electron chi connectivity index (χ0n) is 11.4. The van der Waals surface area contributed by atoms with Crippen molar-refractivity contribution in [3.63, 3.8) is 0 Å². The van der Waals surface area contributed by atoms with E-state index in [0.29, 0.717) is 10.8 Å². The molecule has 4 aromatic rings. The number of hydrogen-bond donors (Lipinski definition) is 1. The summed E-state index contributed by atoms with van der Waals surface area (Å²) in [4.78, 5) is 24.1. The first-order chi connectivity index (χ1) is 10.7. The zero-order valence-corrected chi connectivity index (χ0v) is 13.9. The topological polar surface area (TPSA) is 59.3 Å². The number of amides is 1. The molecule has 0 atom stereocenters. The number of nitrogens with zero attached hydrogens (tertiary/aromatic N) is 3. The Morgan fingerprint density at radius 1 is 1.27 bits per heavy atom. The molecule has 8 heteroatoms. The molecule has 0 spiro atoms. The standard InChI is InChI=1S/C14H10N4OS3/c1-8-5-18-6-9(16-14(18)22-8)12(19)17-13-15-10(7-21-13)11-3-2-4-20-11/h2-7H,1H3,(H,15,17,19). The number of carbonyl (C=O) groups is 1. The lowest BCUT2D eigenvalue weighted by Crippen LogP contribution is -2.12. The Morgan fingerprint density at radius 3 is 2.95 bits per heavy atom. The number of thiophene rings is 1. The van der Waals surface area contributed by atoms with Gasteiger partial charge in [0.1, 0.15) is 5.69 Å². The third kappa shape index (κ3) is 2.45. The van der Waals surface area contributed by atoms with Gasteiger partial charge in [0.05, 0.1) is 10.6 Å². The fourth-order valence-corrected chi connectivity index (χ4v) is 4.33. The van der Waals surface area contributed by atoms with Gasteiger partial charge in [0.25, 0.3) is 5.91 Å². The number of anilines is 1. The normalized spacial score (nSPS) is 11.1. The van der Waals surface area contributed by atoms with Crippen LogP contribution in [0, 0.1) is 6.92 Å². The summed E-state index contributed by atoms with van der Waals surface area (Å²) in [6.45, 7) is 2.01. The maximum Gasteiger partial charge on any atom is 0.277 e. The molecular weight excluding hydrogens is 336 g/mol. The van der Waals surface area contributed by atoms with Gasteiger partial charge in [0, 0.05) is 22.7 Å². The molecule has 0 aliphatic heterocycles. The smallest absolute Gasteiger partial charge is 0.277 e. The van der Waals surface area contributed by atoms with E-state index in [4.69, 9.17) is 0 Å². The number of nitrogens with one attached hydrogen (secondary N) is 1. The summed E-state index contributed by atoms with van der Waals surface area (Å²) < 4.78 is 1.87. The number of imidazole rings is 1. The summed E-state index contributed by atoms with van der Waals surface area (Å²) in [6, 6.07) is 3.99. The summed E-state index contributed by atoms with van der Waals surface area (Å²) in [5.41, 5.74) is 1.29. The number of aromatic nitrogens is 3. The second kappa shape index (κ2) is 5.31. The lowest BCUT2D eigenvalue weighted by Gasteiger charge is -1.97. The summed E-state index contributed by atoms with van der Waals surface area (Å²) in [7, 11) is 0. The van der Waals surface area contributed by atoms with Gasteiger partial charge in [-0.25, -0.2) is 9.97 Å². The maximum absolute atomic E-state index is 12.2. The maximum atomic E-state index is 12.2. The molecule has 4 aromatic heterocycles. The van der Waals surface area contributed by atoms with Crippen molar-refractivity contribution < 1.29 is 4.79 Å². The molecular formula is C14H10N4OS3. The van der Waals surface area contributed by atoms with Crippen LogP contribution in [0.5, 0.6) is 0 Å². The predicted octanol–water partition coefficient (Wildman–Crippen LogP) is 4.14. The molecule has 0 unspecified atom stereocenters. The van der Waals surface area contributed by atoms with Gasteiger partial charge in [-0.2, -0.15) is 0 Å². The van der Waals surface area contributed by atoms with Crippen LogP contribution in [0.15, 0.2) is 35.3 Å². The Morgan fingerprint density at radius 2 is 2.18 bits per heavy atom. The average Bonchev–Trinajstić information content (AvgIpc) is 3.20. The van der Waals surface area contributed by atoms with Crippen LogP contribution in [0.1, 0.15) is 15.4 Å². The van der Waals surface area contributed by atoms with Gasteiger partial charge in [-0.05, 0) is 18.4 Å². The molecule has 0 bridgehead atoms. The number of hydrogen-bond acceptors (Lipinski definition) is 6. The van der Waals surface area contributed by atoms with E-state index in [9.17, 15) is 4.79 Å². The van der Waals surface area contributed by atoms with E-state index in [-0.39, 0.29) is 5.91 Å². The van der Waals surface area contributed by atoms with E-state index in [0.717, 1.165) is 20.4 Å². The monoisotopic (exact) mass is 346 g/mol. The van der Waals surface area contributed by atoms with Gasteiger partial charge < -0.3 is 0 Å². The van der Waals surface area contributed by atoms with Crippen molar-refractivity contribution >= 4 is 50.0 Å². The zero-order chi connectivity index (χ0) is 15.1.